The van der Waals surface area contributed by atoms with Crippen molar-refractivity contribution in [3.63, 3.8) is 0 Å². The van der Waals surface area contributed by atoms with Crippen LogP contribution in [-0.2, 0) is 0 Å². The summed E-state index contributed by atoms with van der Waals surface area (Å²) in [4.78, 5) is 23.1. The standard InChI is InChI=1S/C17H20N4O3/c1-11-19-16(20-24-11)14-3-2-8-21(14)17(22)13-6-7-15(18-9-13)23-10-12-4-5-12/h6-7,9,12,14H,2-5,8,10H2,1H3/t14-/m0/s1. The zero-order valence-electron chi connectivity index (χ0n) is 13.6. The minimum Gasteiger partial charge on any atom is -0.477 e. The van der Waals surface area contributed by atoms with Gasteiger partial charge < -0.3 is 14.2 Å². The highest BCUT2D eigenvalue weighted by Gasteiger charge is 2.33. The number of rotatable bonds is 5. The number of carbonyl (C=O) groups is 1. The van der Waals surface area contributed by atoms with Gasteiger partial charge in [0.2, 0.25) is 11.8 Å². The van der Waals surface area contributed by atoms with Crippen molar-refractivity contribution in [2.45, 2.75) is 38.6 Å². The Labute approximate surface area is 140 Å². The number of ether oxygens (including phenoxy) is 1. The van der Waals surface area contributed by atoms with Gasteiger partial charge in [0.05, 0.1) is 18.2 Å². The normalized spacial score (nSPS) is 20.4. The quantitative estimate of drug-likeness (QED) is 0.839. The fourth-order valence-corrected chi connectivity index (χ4v) is 2.97. The lowest BCUT2D eigenvalue weighted by Gasteiger charge is -2.22. The predicted molar refractivity (Wildman–Crippen MR) is 84.5 cm³/mol. The van der Waals surface area contributed by atoms with Crippen LogP contribution in [0.5, 0.6) is 5.88 Å². The van der Waals surface area contributed by atoms with Gasteiger partial charge in [0, 0.05) is 25.7 Å². The van der Waals surface area contributed by atoms with Crippen LogP contribution in [-0.4, -0.2) is 39.1 Å². The molecule has 1 aliphatic heterocycles. The minimum absolute atomic E-state index is 0.0544. The van der Waals surface area contributed by atoms with Gasteiger partial charge in [-0.05, 0) is 37.7 Å². The lowest BCUT2D eigenvalue weighted by molar-refractivity contribution is 0.0728. The van der Waals surface area contributed by atoms with Crippen LogP contribution >= 0.6 is 0 Å². The molecule has 2 fully saturated rings. The molecule has 24 heavy (non-hydrogen) atoms. The predicted octanol–water partition coefficient (Wildman–Crippen LogP) is 2.54. The fourth-order valence-electron chi connectivity index (χ4n) is 2.97. The Morgan fingerprint density at radius 1 is 1.38 bits per heavy atom. The van der Waals surface area contributed by atoms with Crippen molar-refractivity contribution in [1.29, 1.82) is 0 Å². The second-order valence-electron chi connectivity index (χ2n) is 6.47. The molecule has 0 bridgehead atoms. The molecule has 2 aromatic heterocycles. The first kappa shape index (κ1) is 15.1. The van der Waals surface area contributed by atoms with E-state index in [4.69, 9.17) is 9.26 Å². The summed E-state index contributed by atoms with van der Waals surface area (Å²) in [6, 6.07) is 3.41. The van der Waals surface area contributed by atoms with Crippen molar-refractivity contribution in [3.05, 3.63) is 35.6 Å². The van der Waals surface area contributed by atoms with Crippen LogP contribution in [0.15, 0.2) is 22.9 Å². The van der Waals surface area contributed by atoms with Crippen LogP contribution in [0.1, 0.15) is 53.8 Å². The van der Waals surface area contributed by atoms with E-state index >= 15 is 0 Å². The van der Waals surface area contributed by atoms with Crippen LogP contribution in [0, 0.1) is 12.8 Å². The third-order valence-corrected chi connectivity index (χ3v) is 4.50. The maximum absolute atomic E-state index is 12.8. The molecule has 4 rings (SSSR count). The molecule has 1 amide bonds. The number of hydrogen-bond donors (Lipinski definition) is 0. The molecule has 2 aromatic rings. The molecule has 7 nitrogen and oxygen atoms in total. The number of amides is 1. The molecule has 1 aliphatic carbocycles. The molecular formula is C17H20N4O3. The van der Waals surface area contributed by atoms with E-state index in [0.717, 1.165) is 12.8 Å². The highest BCUT2D eigenvalue weighted by Crippen LogP contribution is 2.32. The second kappa shape index (κ2) is 6.22. The van der Waals surface area contributed by atoms with Gasteiger partial charge in [0.1, 0.15) is 0 Å². The first-order chi connectivity index (χ1) is 11.7. The largest absolute Gasteiger partial charge is 0.477 e. The SMILES string of the molecule is Cc1nc([C@@H]2CCCN2C(=O)c2ccc(OCC3CC3)nc2)no1. The van der Waals surface area contributed by atoms with Crippen LogP contribution in [0.4, 0.5) is 0 Å². The highest BCUT2D eigenvalue weighted by molar-refractivity contribution is 5.94. The third kappa shape index (κ3) is 3.11. The van der Waals surface area contributed by atoms with Crippen molar-refractivity contribution in [3.8, 4) is 5.88 Å². The molecule has 0 spiro atoms. The molecule has 1 saturated heterocycles. The zero-order chi connectivity index (χ0) is 16.5. The second-order valence-corrected chi connectivity index (χ2v) is 6.47. The molecule has 0 aromatic carbocycles. The number of hydrogen-bond acceptors (Lipinski definition) is 6. The molecule has 7 heteroatoms. The molecule has 0 N–H and O–H groups in total. The lowest BCUT2D eigenvalue weighted by Crippen LogP contribution is -2.31. The van der Waals surface area contributed by atoms with Gasteiger partial charge in [0.25, 0.3) is 5.91 Å². The van der Waals surface area contributed by atoms with Gasteiger partial charge in [0.15, 0.2) is 5.82 Å². The van der Waals surface area contributed by atoms with Gasteiger partial charge in [-0.2, -0.15) is 4.98 Å². The number of nitrogens with zero attached hydrogens (tertiary/aromatic N) is 4. The van der Waals surface area contributed by atoms with Gasteiger partial charge in [-0.25, -0.2) is 4.98 Å². The van der Waals surface area contributed by atoms with Crippen LogP contribution in [0.3, 0.4) is 0 Å². The minimum atomic E-state index is -0.124. The Kier molecular flexibility index (Phi) is 3.92. The van der Waals surface area contributed by atoms with Crippen LogP contribution < -0.4 is 4.74 Å². The van der Waals surface area contributed by atoms with E-state index in [-0.39, 0.29) is 11.9 Å². The Morgan fingerprint density at radius 3 is 2.92 bits per heavy atom. The molecule has 1 atom stereocenters. The van der Waals surface area contributed by atoms with E-state index in [1.807, 2.05) is 0 Å². The summed E-state index contributed by atoms with van der Waals surface area (Å²) in [7, 11) is 0. The average Bonchev–Trinajstić information content (AvgIpc) is 3.12. The Bertz CT molecular complexity index is 724. The Hall–Kier alpha value is -2.44. The van der Waals surface area contributed by atoms with Crippen LogP contribution in [0.2, 0.25) is 0 Å². The van der Waals surface area contributed by atoms with Crippen molar-refractivity contribution in [2.24, 2.45) is 5.92 Å². The van der Waals surface area contributed by atoms with Gasteiger partial charge in [-0.3, -0.25) is 4.79 Å². The number of likely N-dealkylation sites (tertiary alicyclic amines) is 1. The molecule has 0 radical (unpaired) electrons. The van der Waals surface area contributed by atoms with E-state index in [0.29, 0.717) is 42.2 Å². The Balaban J connectivity index is 1.45. The van der Waals surface area contributed by atoms with Gasteiger partial charge >= 0.3 is 0 Å². The topological polar surface area (TPSA) is 81.4 Å². The number of pyridine rings is 1. The van der Waals surface area contributed by atoms with E-state index in [1.54, 1.807) is 30.2 Å². The lowest BCUT2D eigenvalue weighted by atomic mass is 10.2. The summed E-state index contributed by atoms with van der Waals surface area (Å²) < 4.78 is 10.7. The highest BCUT2D eigenvalue weighted by atomic mass is 16.5. The summed E-state index contributed by atoms with van der Waals surface area (Å²) in [5, 5.41) is 3.97. The molecular weight excluding hydrogens is 308 g/mol. The molecule has 0 unspecified atom stereocenters. The zero-order valence-corrected chi connectivity index (χ0v) is 13.6. The van der Waals surface area contributed by atoms with E-state index in [1.165, 1.54) is 12.8 Å². The van der Waals surface area contributed by atoms with Crippen molar-refractivity contribution in [1.82, 2.24) is 20.0 Å². The van der Waals surface area contributed by atoms with Crippen molar-refractivity contribution in [2.75, 3.05) is 13.2 Å². The van der Waals surface area contributed by atoms with Gasteiger partial charge in [-0.1, -0.05) is 5.16 Å². The maximum Gasteiger partial charge on any atom is 0.256 e. The average molecular weight is 328 g/mol. The summed E-state index contributed by atoms with van der Waals surface area (Å²) >= 11 is 0. The van der Waals surface area contributed by atoms with E-state index in [9.17, 15) is 4.79 Å². The third-order valence-electron chi connectivity index (χ3n) is 4.50. The first-order valence-corrected chi connectivity index (χ1v) is 8.41. The first-order valence-electron chi connectivity index (χ1n) is 8.41. The van der Waals surface area contributed by atoms with E-state index in [2.05, 4.69) is 15.1 Å². The molecule has 3 heterocycles. The number of carbonyl (C=O) groups excluding carboxylic acids is 1. The molecule has 126 valence electrons. The fraction of sp³-hybridized carbons (Fsp3) is 0.529. The summed E-state index contributed by atoms with van der Waals surface area (Å²) in [6.45, 7) is 3.16. The number of aromatic nitrogens is 3. The molecule has 2 aliphatic rings. The summed E-state index contributed by atoms with van der Waals surface area (Å²) in [6.07, 6.45) is 5.84. The molecule has 1 saturated carbocycles. The smallest absolute Gasteiger partial charge is 0.256 e. The van der Waals surface area contributed by atoms with Gasteiger partial charge in [-0.15, -0.1) is 0 Å². The van der Waals surface area contributed by atoms with E-state index < -0.39 is 0 Å². The Morgan fingerprint density at radius 2 is 2.25 bits per heavy atom. The maximum atomic E-state index is 12.8. The summed E-state index contributed by atoms with van der Waals surface area (Å²) in [5.74, 6) is 2.29. The van der Waals surface area contributed by atoms with Crippen LogP contribution in [0.25, 0.3) is 0 Å². The van der Waals surface area contributed by atoms with Crippen molar-refractivity contribution < 1.29 is 14.1 Å². The number of aryl methyl sites for hydroxylation is 1. The summed E-state index contributed by atoms with van der Waals surface area (Å²) in [5.41, 5.74) is 0.556. The monoisotopic (exact) mass is 328 g/mol. The van der Waals surface area contributed by atoms with Crippen molar-refractivity contribution >= 4 is 5.91 Å².